The van der Waals surface area contributed by atoms with Gasteiger partial charge in [0, 0.05) is 36.8 Å². The molecule has 1 N–H and O–H groups in total. The molecule has 0 aromatic carbocycles. The van der Waals surface area contributed by atoms with Crippen molar-refractivity contribution in [1.29, 1.82) is 0 Å². The Morgan fingerprint density at radius 2 is 2.33 bits per heavy atom. The van der Waals surface area contributed by atoms with Gasteiger partial charge in [-0.3, -0.25) is 4.68 Å². The van der Waals surface area contributed by atoms with Crippen molar-refractivity contribution in [3.8, 4) is 0 Å². The van der Waals surface area contributed by atoms with Gasteiger partial charge in [-0.2, -0.15) is 5.10 Å². The third-order valence-electron chi connectivity index (χ3n) is 2.22. The fourth-order valence-electron chi connectivity index (χ4n) is 1.38. The monoisotopic (exact) mass is 222 g/mol. The molecule has 2 heterocycles. The Labute approximate surface area is 93.0 Å². The van der Waals surface area contributed by atoms with Crippen LogP contribution in [0.1, 0.15) is 16.1 Å². The summed E-state index contributed by atoms with van der Waals surface area (Å²) in [5.74, 6) is 0. The summed E-state index contributed by atoms with van der Waals surface area (Å²) in [6.45, 7) is 3.77. The number of aryl methyl sites for hydroxylation is 2. The third kappa shape index (κ3) is 2.64. The largest absolute Gasteiger partial charge is 0.308 e. The Kier molecular flexibility index (Phi) is 3.13. The van der Waals surface area contributed by atoms with Gasteiger partial charge in [-0.15, -0.1) is 11.3 Å². The molecule has 0 amide bonds. The maximum atomic E-state index is 4.21. The van der Waals surface area contributed by atoms with E-state index in [0.717, 1.165) is 18.8 Å². The molecule has 0 atom stereocenters. The number of nitrogens with zero attached hydrogens (tertiary/aromatic N) is 3. The molecule has 0 aliphatic heterocycles. The maximum Gasteiger partial charge on any atom is 0.0798 e. The molecule has 0 unspecified atom stereocenters. The Morgan fingerprint density at radius 1 is 1.47 bits per heavy atom. The van der Waals surface area contributed by atoms with Gasteiger partial charge in [0.25, 0.3) is 0 Å². The summed E-state index contributed by atoms with van der Waals surface area (Å²) in [4.78, 5) is 5.51. The lowest BCUT2D eigenvalue weighted by molar-refractivity contribution is 0.695. The molecular formula is C10H14N4S. The maximum absolute atomic E-state index is 4.21. The number of hydrogen-bond donors (Lipinski definition) is 1. The van der Waals surface area contributed by atoms with Crippen LogP contribution in [-0.2, 0) is 20.1 Å². The third-order valence-corrected chi connectivity index (χ3v) is 3.15. The predicted octanol–water partition coefficient (Wildman–Crippen LogP) is 1.47. The van der Waals surface area contributed by atoms with Crippen LogP contribution in [0.3, 0.4) is 0 Å². The van der Waals surface area contributed by atoms with Gasteiger partial charge in [0.2, 0.25) is 0 Å². The van der Waals surface area contributed by atoms with E-state index in [1.807, 2.05) is 36.6 Å². The quantitative estimate of drug-likeness (QED) is 0.852. The highest BCUT2D eigenvalue weighted by Gasteiger charge is 2.01. The lowest BCUT2D eigenvalue weighted by Crippen LogP contribution is -2.11. The molecule has 0 saturated carbocycles. The van der Waals surface area contributed by atoms with Crippen molar-refractivity contribution in [1.82, 2.24) is 20.1 Å². The SMILES string of the molecule is Cc1ncsc1CNCc1cnn(C)c1. The molecule has 0 radical (unpaired) electrons. The number of thiazole rings is 1. The molecule has 0 spiro atoms. The molecule has 15 heavy (non-hydrogen) atoms. The van der Waals surface area contributed by atoms with Crippen LogP contribution >= 0.6 is 11.3 Å². The van der Waals surface area contributed by atoms with Gasteiger partial charge in [0.15, 0.2) is 0 Å². The molecule has 0 fully saturated rings. The van der Waals surface area contributed by atoms with Crippen LogP contribution in [0.25, 0.3) is 0 Å². The smallest absolute Gasteiger partial charge is 0.0798 e. The van der Waals surface area contributed by atoms with E-state index >= 15 is 0 Å². The van der Waals surface area contributed by atoms with Crippen molar-refractivity contribution in [3.05, 3.63) is 34.0 Å². The zero-order chi connectivity index (χ0) is 10.7. The van der Waals surface area contributed by atoms with Crippen molar-refractivity contribution in [3.63, 3.8) is 0 Å². The minimum absolute atomic E-state index is 0.852. The van der Waals surface area contributed by atoms with E-state index in [2.05, 4.69) is 15.4 Å². The van der Waals surface area contributed by atoms with Crippen LogP contribution < -0.4 is 5.32 Å². The Hall–Kier alpha value is -1.20. The lowest BCUT2D eigenvalue weighted by atomic mass is 10.3. The topological polar surface area (TPSA) is 42.7 Å². The first-order valence-electron chi connectivity index (χ1n) is 4.83. The van der Waals surface area contributed by atoms with Gasteiger partial charge in [0.1, 0.15) is 0 Å². The van der Waals surface area contributed by atoms with E-state index in [0.29, 0.717) is 0 Å². The average Bonchev–Trinajstić information content (AvgIpc) is 2.77. The fraction of sp³-hybridized carbons (Fsp3) is 0.400. The summed E-state index contributed by atoms with van der Waals surface area (Å²) in [7, 11) is 1.93. The summed E-state index contributed by atoms with van der Waals surface area (Å²) >= 11 is 1.70. The van der Waals surface area contributed by atoms with Crippen LogP contribution in [0.2, 0.25) is 0 Å². The highest BCUT2D eigenvalue weighted by atomic mass is 32.1. The molecule has 0 aliphatic rings. The first-order valence-corrected chi connectivity index (χ1v) is 5.71. The van der Waals surface area contributed by atoms with Crippen LogP contribution in [0.4, 0.5) is 0 Å². The van der Waals surface area contributed by atoms with Crippen LogP contribution in [0.5, 0.6) is 0 Å². The van der Waals surface area contributed by atoms with Gasteiger partial charge < -0.3 is 5.32 Å². The fourth-order valence-corrected chi connectivity index (χ4v) is 2.13. The van der Waals surface area contributed by atoms with Gasteiger partial charge in [-0.1, -0.05) is 0 Å². The zero-order valence-corrected chi connectivity index (χ0v) is 9.71. The summed E-state index contributed by atoms with van der Waals surface area (Å²) < 4.78 is 1.81. The highest BCUT2D eigenvalue weighted by molar-refractivity contribution is 7.09. The zero-order valence-electron chi connectivity index (χ0n) is 8.90. The number of hydrogen-bond acceptors (Lipinski definition) is 4. The molecule has 2 aromatic heterocycles. The number of nitrogens with one attached hydrogen (secondary N) is 1. The van der Waals surface area contributed by atoms with E-state index < -0.39 is 0 Å². The molecule has 0 aliphatic carbocycles. The van der Waals surface area contributed by atoms with Crippen molar-refractivity contribution >= 4 is 11.3 Å². The van der Waals surface area contributed by atoms with E-state index in [4.69, 9.17) is 0 Å². The number of aromatic nitrogens is 3. The molecule has 0 saturated heterocycles. The van der Waals surface area contributed by atoms with Gasteiger partial charge >= 0.3 is 0 Å². The summed E-state index contributed by atoms with van der Waals surface area (Å²) in [6, 6.07) is 0. The number of rotatable bonds is 4. The standard InChI is InChI=1S/C10H14N4S/c1-8-10(15-7-12-8)5-11-3-9-4-13-14(2)6-9/h4,6-7,11H,3,5H2,1-2H3. The molecular weight excluding hydrogens is 208 g/mol. The first kappa shape index (κ1) is 10.3. The van der Waals surface area contributed by atoms with Crippen molar-refractivity contribution < 1.29 is 0 Å². The van der Waals surface area contributed by atoms with E-state index in [1.165, 1.54) is 10.4 Å². The highest BCUT2D eigenvalue weighted by Crippen LogP contribution is 2.11. The molecule has 2 aromatic rings. The van der Waals surface area contributed by atoms with Gasteiger partial charge in [-0.05, 0) is 6.92 Å². The molecule has 2 rings (SSSR count). The first-order chi connectivity index (χ1) is 7.25. The Bertz CT molecular complexity index is 432. The van der Waals surface area contributed by atoms with E-state index in [1.54, 1.807) is 11.3 Å². The lowest BCUT2D eigenvalue weighted by Gasteiger charge is -2.00. The second kappa shape index (κ2) is 4.55. The molecule has 4 nitrogen and oxygen atoms in total. The van der Waals surface area contributed by atoms with Gasteiger partial charge in [0.05, 0.1) is 17.4 Å². The van der Waals surface area contributed by atoms with Crippen LogP contribution in [0.15, 0.2) is 17.9 Å². The predicted molar refractivity (Wildman–Crippen MR) is 60.6 cm³/mol. The van der Waals surface area contributed by atoms with Crippen molar-refractivity contribution in [2.75, 3.05) is 0 Å². The van der Waals surface area contributed by atoms with Crippen LogP contribution in [0, 0.1) is 6.92 Å². The second-order valence-corrected chi connectivity index (χ2v) is 4.43. The van der Waals surface area contributed by atoms with E-state index in [-0.39, 0.29) is 0 Å². The molecule has 80 valence electrons. The van der Waals surface area contributed by atoms with Crippen LogP contribution in [-0.4, -0.2) is 14.8 Å². The normalized spacial score (nSPS) is 10.8. The minimum Gasteiger partial charge on any atom is -0.308 e. The minimum atomic E-state index is 0.852. The summed E-state index contributed by atoms with van der Waals surface area (Å²) in [5.41, 5.74) is 4.22. The van der Waals surface area contributed by atoms with Gasteiger partial charge in [-0.25, -0.2) is 4.98 Å². The Balaban J connectivity index is 1.83. The Morgan fingerprint density at radius 3 is 2.93 bits per heavy atom. The van der Waals surface area contributed by atoms with Crippen molar-refractivity contribution in [2.24, 2.45) is 7.05 Å². The second-order valence-electron chi connectivity index (χ2n) is 3.49. The molecule has 5 heteroatoms. The van der Waals surface area contributed by atoms with Crippen molar-refractivity contribution in [2.45, 2.75) is 20.0 Å². The summed E-state index contributed by atoms with van der Waals surface area (Å²) in [5, 5.41) is 7.49. The average molecular weight is 222 g/mol. The molecule has 0 bridgehead atoms. The van der Waals surface area contributed by atoms with E-state index in [9.17, 15) is 0 Å². The summed E-state index contributed by atoms with van der Waals surface area (Å²) in [6.07, 6.45) is 3.90.